The second-order valence-electron chi connectivity index (χ2n) is 3.83. The first kappa shape index (κ1) is 12.7. The molecule has 13 heavy (non-hydrogen) atoms. The van der Waals surface area contributed by atoms with Gasteiger partial charge in [-0.1, -0.05) is 52.2 Å². The van der Waals surface area contributed by atoms with Gasteiger partial charge in [0.1, 0.15) is 0 Å². The fourth-order valence-electron chi connectivity index (χ4n) is 2.05. The molecule has 0 spiro atoms. The first-order valence-corrected chi connectivity index (χ1v) is 5.95. The molecule has 0 aliphatic heterocycles. The van der Waals surface area contributed by atoms with Crippen LogP contribution in [0.2, 0.25) is 0 Å². The molecule has 1 aliphatic carbocycles. The van der Waals surface area contributed by atoms with Gasteiger partial charge >= 0.3 is 0 Å². The molecule has 0 heterocycles. The molecule has 0 aromatic heterocycles. The maximum Gasteiger partial charge on any atom is -0.0320 e. The van der Waals surface area contributed by atoms with Crippen molar-refractivity contribution in [3.63, 3.8) is 0 Å². The second kappa shape index (κ2) is 8.34. The predicted octanol–water partition coefficient (Wildman–Crippen LogP) is 4.81. The molecule has 1 aliphatic rings. The topological polar surface area (TPSA) is 0 Å². The fraction of sp³-hybridized carbons (Fsp3) is 0.846. The third-order valence-electron chi connectivity index (χ3n) is 2.96. The standard InChI is InChI=1S/C11H20.C2H6/c1-3-4-8-11-9-6-5-7-10(11)2;1-2/h3-4,10-11H,5-9H2,1-2H3;1-2H3/b4-3+;. The Bertz CT molecular complexity index is 124. The van der Waals surface area contributed by atoms with E-state index < -0.39 is 0 Å². The van der Waals surface area contributed by atoms with Gasteiger partial charge in [-0.3, -0.25) is 0 Å². The highest BCUT2D eigenvalue weighted by atomic mass is 14.2. The summed E-state index contributed by atoms with van der Waals surface area (Å²) in [4.78, 5) is 0. The van der Waals surface area contributed by atoms with Gasteiger partial charge in [0.2, 0.25) is 0 Å². The number of hydrogen-bond acceptors (Lipinski definition) is 0. The highest BCUT2D eigenvalue weighted by molar-refractivity contribution is 4.83. The molecular weight excluding hydrogens is 156 g/mol. The Labute approximate surface area is 84.4 Å². The van der Waals surface area contributed by atoms with Crippen molar-refractivity contribution in [1.29, 1.82) is 0 Å². The summed E-state index contributed by atoms with van der Waals surface area (Å²) in [6, 6.07) is 0. The lowest BCUT2D eigenvalue weighted by Gasteiger charge is -2.27. The smallest absolute Gasteiger partial charge is 0.0320 e. The fourth-order valence-corrected chi connectivity index (χ4v) is 2.05. The Balaban J connectivity index is 0.000000671. The van der Waals surface area contributed by atoms with Crippen molar-refractivity contribution in [2.75, 3.05) is 0 Å². The average molecular weight is 182 g/mol. The van der Waals surface area contributed by atoms with E-state index >= 15 is 0 Å². The highest BCUT2D eigenvalue weighted by Crippen LogP contribution is 2.31. The van der Waals surface area contributed by atoms with Gasteiger partial charge in [0, 0.05) is 0 Å². The van der Waals surface area contributed by atoms with Crippen molar-refractivity contribution < 1.29 is 0 Å². The van der Waals surface area contributed by atoms with Gasteiger partial charge in [-0.2, -0.15) is 0 Å². The minimum atomic E-state index is 0.972. The third-order valence-corrected chi connectivity index (χ3v) is 2.96. The molecule has 1 saturated carbocycles. The molecule has 0 bridgehead atoms. The van der Waals surface area contributed by atoms with Crippen LogP contribution in [0.25, 0.3) is 0 Å². The Morgan fingerprint density at radius 2 is 1.77 bits per heavy atom. The van der Waals surface area contributed by atoms with E-state index in [0.29, 0.717) is 0 Å². The minimum Gasteiger partial charge on any atom is -0.0917 e. The van der Waals surface area contributed by atoms with E-state index in [1.807, 2.05) is 13.8 Å². The third kappa shape index (κ3) is 5.13. The summed E-state index contributed by atoms with van der Waals surface area (Å²) in [7, 11) is 0. The van der Waals surface area contributed by atoms with Crippen molar-refractivity contribution in [1.82, 2.24) is 0 Å². The van der Waals surface area contributed by atoms with Crippen molar-refractivity contribution in [3.8, 4) is 0 Å². The van der Waals surface area contributed by atoms with Crippen LogP contribution in [0.15, 0.2) is 12.2 Å². The summed E-state index contributed by atoms with van der Waals surface area (Å²) in [6.45, 7) is 8.53. The van der Waals surface area contributed by atoms with Crippen molar-refractivity contribution in [2.24, 2.45) is 11.8 Å². The Hall–Kier alpha value is -0.260. The quantitative estimate of drug-likeness (QED) is 0.538. The molecule has 0 amide bonds. The molecule has 0 nitrogen and oxygen atoms in total. The lowest BCUT2D eigenvalue weighted by Crippen LogP contribution is -2.15. The van der Waals surface area contributed by atoms with Crippen LogP contribution in [0, 0.1) is 11.8 Å². The van der Waals surface area contributed by atoms with E-state index in [1.54, 1.807) is 0 Å². The molecular formula is C13H26. The van der Waals surface area contributed by atoms with Crippen LogP contribution >= 0.6 is 0 Å². The van der Waals surface area contributed by atoms with Crippen LogP contribution in [0.5, 0.6) is 0 Å². The number of hydrogen-bond donors (Lipinski definition) is 0. The Morgan fingerprint density at radius 3 is 2.31 bits per heavy atom. The molecule has 0 aromatic rings. The van der Waals surface area contributed by atoms with Crippen LogP contribution in [-0.4, -0.2) is 0 Å². The van der Waals surface area contributed by atoms with E-state index in [2.05, 4.69) is 26.0 Å². The van der Waals surface area contributed by atoms with E-state index in [-0.39, 0.29) is 0 Å². The van der Waals surface area contributed by atoms with Crippen LogP contribution in [0.1, 0.15) is 59.8 Å². The van der Waals surface area contributed by atoms with Gasteiger partial charge in [-0.25, -0.2) is 0 Å². The monoisotopic (exact) mass is 182 g/mol. The van der Waals surface area contributed by atoms with Crippen molar-refractivity contribution in [3.05, 3.63) is 12.2 Å². The summed E-state index contributed by atoms with van der Waals surface area (Å²) >= 11 is 0. The van der Waals surface area contributed by atoms with Gasteiger partial charge in [0.05, 0.1) is 0 Å². The number of allylic oxidation sites excluding steroid dienone is 2. The number of rotatable bonds is 2. The minimum absolute atomic E-state index is 0.972. The van der Waals surface area contributed by atoms with Crippen LogP contribution in [-0.2, 0) is 0 Å². The molecule has 0 N–H and O–H groups in total. The van der Waals surface area contributed by atoms with Crippen molar-refractivity contribution in [2.45, 2.75) is 59.8 Å². The largest absolute Gasteiger partial charge is 0.0917 e. The zero-order chi connectivity index (χ0) is 10.1. The molecule has 1 rings (SSSR count). The van der Waals surface area contributed by atoms with Crippen LogP contribution in [0.3, 0.4) is 0 Å². The second-order valence-corrected chi connectivity index (χ2v) is 3.83. The van der Waals surface area contributed by atoms with E-state index in [4.69, 9.17) is 0 Å². The maximum absolute atomic E-state index is 2.41. The summed E-state index contributed by atoms with van der Waals surface area (Å²) in [6.07, 6.45) is 11.7. The van der Waals surface area contributed by atoms with E-state index in [1.165, 1.54) is 32.1 Å². The normalized spacial score (nSPS) is 28.3. The molecule has 78 valence electrons. The van der Waals surface area contributed by atoms with Crippen LogP contribution in [0.4, 0.5) is 0 Å². The van der Waals surface area contributed by atoms with Crippen LogP contribution < -0.4 is 0 Å². The molecule has 2 unspecified atom stereocenters. The summed E-state index contributed by atoms with van der Waals surface area (Å²) in [5.74, 6) is 1.96. The zero-order valence-electron chi connectivity index (χ0n) is 9.84. The molecule has 2 atom stereocenters. The van der Waals surface area contributed by atoms with Gasteiger partial charge in [0.15, 0.2) is 0 Å². The van der Waals surface area contributed by atoms with E-state index in [9.17, 15) is 0 Å². The summed E-state index contributed by atoms with van der Waals surface area (Å²) in [5, 5.41) is 0. The summed E-state index contributed by atoms with van der Waals surface area (Å²) < 4.78 is 0. The average Bonchev–Trinajstić information content (AvgIpc) is 2.20. The predicted molar refractivity (Wildman–Crippen MR) is 61.9 cm³/mol. The van der Waals surface area contributed by atoms with Gasteiger partial charge in [-0.15, -0.1) is 0 Å². The molecule has 0 radical (unpaired) electrons. The molecule has 0 aromatic carbocycles. The van der Waals surface area contributed by atoms with Gasteiger partial charge < -0.3 is 0 Å². The Morgan fingerprint density at radius 1 is 1.15 bits per heavy atom. The molecule has 0 saturated heterocycles. The van der Waals surface area contributed by atoms with Gasteiger partial charge in [-0.05, 0) is 31.6 Å². The van der Waals surface area contributed by atoms with E-state index in [0.717, 1.165) is 11.8 Å². The first-order chi connectivity index (χ1) is 6.34. The zero-order valence-corrected chi connectivity index (χ0v) is 9.84. The summed E-state index contributed by atoms with van der Waals surface area (Å²) in [5.41, 5.74) is 0. The lowest BCUT2D eigenvalue weighted by atomic mass is 9.79. The molecule has 0 heteroatoms. The van der Waals surface area contributed by atoms with Crippen molar-refractivity contribution >= 4 is 0 Å². The first-order valence-electron chi connectivity index (χ1n) is 5.95. The van der Waals surface area contributed by atoms with Gasteiger partial charge in [0.25, 0.3) is 0 Å². The Kier molecular flexibility index (Phi) is 8.18. The SMILES string of the molecule is C/C=C/CC1CCCCC1C.CC. The molecule has 1 fully saturated rings. The lowest BCUT2D eigenvalue weighted by molar-refractivity contribution is 0.258. The maximum atomic E-state index is 2.41. The highest BCUT2D eigenvalue weighted by Gasteiger charge is 2.19.